The molecule has 0 bridgehead atoms. The minimum atomic E-state index is 0.605. The Bertz CT molecular complexity index is 298. The Balaban J connectivity index is 2.90. The molecule has 0 nitrogen and oxygen atoms in total. The molecule has 0 radical (unpaired) electrons. The summed E-state index contributed by atoms with van der Waals surface area (Å²) < 4.78 is 2.88. The van der Waals surface area contributed by atoms with E-state index < -0.39 is 0 Å². The van der Waals surface area contributed by atoms with Gasteiger partial charge in [-0.3, -0.25) is 0 Å². The maximum absolute atomic E-state index is 3.02. The van der Waals surface area contributed by atoms with E-state index in [1.807, 2.05) is 17.7 Å². The fourth-order valence-electron chi connectivity index (χ4n) is 1.10. The second-order valence-electron chi connectivity index (χ2n) is 3.15. The predicted molar refractivity (Wildman–Crippen MR) is 53.2 cm³/mol. The van der Waals surface area contributed by atoms with Crippen LogP contribution in [0.1, 0.15) is 30.9 Å². The summed E-state index contributed by atoms with van der Waals surface area (Å²) >= 11 is 1.86. The molecule has 0 saturated carbocycles. The van der Waals surface area contributed by atoms with Crippen molar-refractivity contribution in [1.29, 1.82) is 0 Å². The first-order valence-electron chi connectivity index (χ1n) is 4.26. The molecule has 1 heteroatoms. The monoisotopic (exact) mass is 150 g/mol. The van der Waals surface area contributed by atoms with Gasteiger partial charge >= 0.3 is 83.4 Å². The van der Waals surface area contributed by atoms with Crippen molar-refractivity contribution in [2.75, 3.05) is 0 Å². The third-order valence-electron chi connectivity index (χ3n) is 1.85. The molecule has 0 N–H and O–H groups in total. The average Bonchev–Trinajstić information content (AvgIpc) is 2.06. The SMILES string of the molecule is [Li][C]#Cc1ccc(C(C)C)cc1. The Morgan fingerprint density at radius 1 is 1.17 bits per heavy atom. The zero-order chi connectivity index (χ0) is 8.97. The van der Waals surface area contributed by atoms with E-state index in [0.29, 0.717) is 5.92 Å². The summed E-state index contributed by atoms with van der Waals surface area (Å²) in [5, 5.41) is 0. The summed E-state index contributed by atoms with van der Waals surface area (Å²) in [6.07, 6.45) is 0. The summed E-state index contributed by atoms with van der Waals surface area (Å²) in [5.74, 6) is 3.63. The van der Waals surface area contributed by atoms with Crippen LogP contribution >= 0.6 is 0 Å². The van der Waals surface area contributed by atoms with Crippen LogP contribution in [0.15, 0.2) is 24.3 Å². The van der Waals surface area contributed by atoms with Crippen LogP contribution in [-0.2, 0) is 0 Å². The van der Waals surface area contributed by atoms with Crippen LogP contribution in [-0.4, -0.2) is 17.7 Å². The molecule has 1 aromatic rings. The Hall–Kier alpha value is -0.623. The van der Waals surface area contributed by atoms with Crippen molar-refractivity contribution in [3.63, 3.8) is 0 Å². The normalized spacial score (nSPS) is 9.42. The standard InChI is InChI=1S/C11H11.Li/c1-4-10-5-7-11(8-6-10)9(2)3;/h5-9H,2-3H3;. The van der Waals surface area contributed by atoms with Crippen LogP contribution in [0, 0.1) is 10.5 Å². The van der Waals surface area contributed by atoms with Crippen LogP contribution in [0.2, 0.25) is 0 Å². The first kappa shape index (κ1) is 9.47. The molecular weight excluding hydrogens is 139 g/mol. The molecule has 0 heterocycles. The number of hydrogen-bond donors (Lipinski definition) is 0. The maximum atomic E-state index is 3.02. The average molecular weight is 150 g/mol. The molecule has 0 amide bonds. The van der Waals surface area contributed by atoms with Crippen molar-refractivity contribution < 1.29 is 0 Å². The van der Waals surface area contributed by atoms with Crippen molar-refractivity contribution >= 4 is 17.7 Å². The van der Waals surface area contributed by atoms with Gasteiger partial charge in [0.1, 0.15) is 0 Å². The van der Waals surface area contributed by atoms with Crippen molar-refractivity contribution in [3.05, 3.63) is 35.4 Å². The molecule has 0 unspecified atom stereocenters. The summed E-state index contributed by atoms with van der Waals surface area (Å²) in [6, 6.07) is 8.44. The molecule has 0 atom stereocenters. The molecule has 0 fully saturated rings. The third-order valence-corrected chi connectivity index (χ3v) is 1.85. The molecule has 56 valence electrons. The third kappa shape index (κ3) is 2.45. The van der Waals surface area contributed by atoms with Crippen LogP contribution in [0.3, 0.4) is 0 Å². The van der Waals surface area contributed by atoms with Crippen molar-refractivity contribution in [1.82, 2.24) is 0 Å². The summed E-state index contributed by atoms with van der Waals surface area (Å²) in [4.78, 5) is 0. The molecule has 0 spiro atoms. The van der Waals surface area contributed by atoms with Gasteiger partial charge in [-0.15, -0.1) is 0 Å². The second kappa shape index (κ2) is 4.41. The van der Waals surface area contributed by atoms with E-state index in [2.05, 4.69) is 48.6 Å². The van der Waals surface area contributed by atoms with Crippen LogP contribution in [0.25, 0.3) is 0 Å². The molecular formula is C11H11Li. The van der Waals surface area contributed by atoms with Crippen LogP contribution in [0.4, 0.5) is 0 Å². The van der Waals surface area contributed by atoms with E-state index in [-0.39, 0.29) is 0 Å². The van der Waals surface area contributed by atoms with E-state index in [9.17, 15) is 0 Å². The minimum absolute atomic E-state index is 0.605. The first-order chi connectivity index (χ1) is 5.74. The van der Waals surface area contributed by atoms with Gasteiger partial charge in [0.15, 0.2) is 0 Å². The first-order valence-corrected chi connectivity index (χ1v) is 4.26. The van der Waals surface area contributed by atoms with Gasteiger partial charge in [0.25, 0.3) is 0 Å². The molecule has 0 aliphatic carbocycles. The van der Waals surface area contributed by atoms with Crippen LogP contribution in [0.5, 0.6) is 0 Å². The molecule has 0 aliphatic heterocycles. The van der Waals surface area contributed by atoms with Gasteiger partial charge in [-0.2, -0.15) is 0 Å². The Labute approximate surface area is 83.6 Å². The van der Waals surface area contributed by atoms with E-state index >= 15 is 0 Å². The molecule has 12 heavy (non-hydrogen) atoms. The van der Waals surface area contributed by atoms with E-state index in [0.717, 1.165) is 5.56 Å². The van der Waals surface area contributed by atoms with Gasteiger partial charge in [-0.1, -0.05) is 0 Å². The Kier molecular flexibility index (Phi) is 3.48. The van der Waals surface area contributed by atoms with Gasteiger partial charge in [0, 0.05) is 0 Å². The van der Waals surface area contributed by atoms with Crippen molar-refractivity contribution in [3.8, 4) is 10.5 Å². The van der Waals surface area contributed by atoms with E-state index in [1.54, 1.807) is 0 Å². The van der Waals surface area contributed by atoms with Gasteiger partial charge in [-0.05, 0) is 0 Å². The molecule has 0 aliphatic rings. The zero-order valence-corrected chi connectivity index (χ0v) is 7.89. The van der Waals surface area contributed by atoms with E-state index in [4.69, 9.17) is 0 Å². The van der Waals surface area contributed by atoms with Gasteiger partial charge in [0.2, 0.25) is 0 Å². The fraction of sp³-hybridized carbons (Fsp3) is 0.273. The Morgan fingerprint density at radius 3 is 2.17 bits per heavy atom. The van der Waals surface area contributed by atoms with Crippen molar-refractivity contribution in [2.24, 2.45) is 0 Å². The number of rotatable bonds is 1. The number of benzene rings is 1. The molecule has 0 aromatic heterocycles. The topological polar surface area (TPSA) is 0 Å². The molecule has 1 aromatic carbocycles. The second-order valence-corrected chi connectivity index (χ2v) is 3.15. The van der Waals surface area contributed by atoms with Gasteiger partial charge in [-0.25, -0.2) is 0 Å². The number of hydrogen-bond acceptors (Lipinski definition) is 0. The molecule has 0 saturated heterocycles. The van der Waals surface area contributed by atoms with Crippen molar-refractivity contribution in [2.45, 2.75) is 19.8 Å². The van der Waals surface area contributed by atoms with Gasteiger partial charge in [0.05, 0.1) is 0 Å². The Morgan fingerprint density at radius 2 is 1.75 bits per heavy atom. The van der Waals surface area contributed by atoms with Gasteiger partial charge < -0.3 is 0 Å². The zero-order valence-electron chi connectivity index (χ0n) is 7.89. The summed E-state index contributed by atoms with van der Waals surface area (Å²) in [5.41, 5.74) is 2.47. The fourth-order valence-corrected chi connectivity index (χ4v) is 1.10. The molecule has 1 rings (SSSR count). The summed E-state index contributed by atoms with van der Waals surface area (Å²) in [6.45, 7) is 4.39. The summed E-state index contributed by atoms with van der Waals surface area (Å²) in [7, 11) is 0. The quantitative estimate of drug-likeness (QED) is 0.425. The van der Waals surface area contributed by atoms with E-state index in [1.165, 1.54) is 5.56 Å². The predicted octanol–water partition coefficient (Wildman–Crippen LogP) is 2.29. The van der Waals surface area contributed by atoms with Crippen LogP contribution < -0.4 is 0 Å².